The first-order chi connectivity index (χ1) is 26.7. The lowest BCUT2D eigenvalue weighted by Crippen LogP contribution is -2.58. The van der Waals surface area contributed by atoms with Crippen LogP contribution < -0.4 is 20.1 Å². The van der Waals surface area contributed by atoms with Gasteiger partial charge in [-0.2, -0.15) is 0 Å². The van der Waals surface area contributed by atoms with Crippen LogP contribution in [0.3, 0.4) is 0 Å². The monoisotopic (exact) mass is 788 g/mol. The summed E-state index contributed by atoms with van der Waals surface area (Å²) in [5.41, 5.74) is 1.39. The molecule has 3 saturated carbocycles. The summed E-state index contributed by atoms with van der Waals surface area (Å²) in [5, 5.41) is 4.83. The zero-order valence-electron chi connectivity index (χ0n) is 32.6. The normalized spacial score (nSPS) is 25.2. The van der Waals surface area contributed by atoms with E-state index in [0.717, 1.165) is 44.1 Å². The number of likely N-dealkylation sites (tertiary alicyclic amines) is 1. The van der Waals surface area contributed by atoms with Gasteiger partial charge in [-0.25, -0.2) is 9.78 Å². The second-order valence-electron chi connectivity index (χ2n) is 16.7. The molecule has 300 valence electrons. The van der Waals surface area contributed by atoms with Crippen LogP contribution in [0.15, 0.2) is 67.3 Å². The van der Waals surface area contributed by atoms with Crippen molar-refractivity contribution in [3.05, 3.63) is 67.3 Å². The van der Waals surface area contributed by atoms with E-state index in [2.05, 4.69) is 17.2 Å². The number of rotatable bonds is 14. The van der Waals surface area contributed by atoms with Gasteiger partial charge < -0.3 is 39.2 Å². The lowest BCUT2D eigenvalue weighted by Gasteiger charge is -2.35. The number of pyridine rings is 1. The van der Waals surface area contributed by atoms with Crippen LogP contribution in [-0.2, 0) is 23.4 Å². The zero-order chi connectivity index (χ0) is 39.8. The minimum absolute atomic E-state index is 0.00362. The molecule has 0 spiro atoms. The van der Waals surface area contributed by atoms with Gasteiger partial charge in [0.15, 0.2) is 0 Å². The molecule has 3 N–H and O–H groups in total. The number of alkyl carbamates (subject to hydrolysis) is 1. The smallest absolute Gasteiger partial charge is 0.408 e. The Morgan fingerprint density at radius 2 is 1.80 bits per heavy atom. The predicted molar refractivity (Wildman–Crippen MR) is 211 cm³/mol. The molecule has 1 aromatic heterocycles. The number of nitrogens with one attached hydrogen (secondary N) is 2. The standard InChI is InChI=1S/C42H53N4O9P/c1-6-28-23-42(28,56(50,51)53-25-26-16-17-26)45-38(47)35-21-31(24-46(35)39(48)37(41(2,3)4)44-40(49)55-29-14-10-11-15-29)54-36-22-33(27-12-8-7-9-13-27)43-34-20-30(52-5)18-19-32(34)36/h6-9,12-13,18-20,22,26,28-29,31,35,37H,1,10-11,14-17,21,23-25H2,2-5H3,(H,44,49)(H,45,47)(H,50,51)/t28?,31-,35+,37-,42?/m1/s1. The number of hydrogen-bond acceptors (Lipinski definition) is 9. The van der Waals surface area contributed by atoms with Crippen molar-refractivity contribution in [1.29, 1.82) is 0 Å². The minimum atomic E-state index is -4.36. The van der Waals surface area contributed by atoms with Gasteiger partial charge in [0.2, 0.25) is 11.8 Å². The first kappa shape index (κ1) is 39.8. The molecule has 7 rings (SSSR count). The summed E-state index contributed by atoms with van der Waals surface area (Å²) in [6, 6.07) is 14.8. The van der Waals surface area contributed by atoms with Crippen molar-refractivity contribution in [1.82, 2.24) is 20.5 Å². The average molecular weight is 789 g/mol. The van der Waals surface area contributed by atoms with Gasteiger partial charge in [0.05, 0.1) is 31.5 Å². The minimum Gasteiger partial charge on any atom is -0.497 e. The Morgan fingerprint density at radius 3 is 2.45 bits per heavy atom. The van der Waals surface area contributed by atoms with E-state index in [1.54, 1.807) is 13.2 Å². The molecule has 3 aliphatic carbocycles. The highest BCUT2D eigenvalue weighted by atomic mass is 31.2. The molecule has 3 unspecified atom stereocenters. The molecule has 2 heterocycles. The molecule has 3 aromatic rings. The molecule has 4 aliphatic rings. The SMILES string of the molecule is C=CC1CC1(NC(=O)[C@@H]1C[C@@H](Oc2cc(-c3ccccc3)nc3cc(OC)ccc23)CN1C(=O)[C@@H](NC(=O)OC1CCCC1)C(C)(C)C)P(=O)(O)OCC1CC1. The largest absolute Gasteiger partial charge is 0.497 e. The summed E-state index contributed by atoms with van der Waals surface area (Å²) in [5.74, 6) is -0.265. The van der Waals surface area contributed by atoms with E-state index in [1.165, 1.54) is 4.90 Å². The Labute approximate surface area is 328 Å². The van der Waals surface area contributed by atoms with E-state index >= 15 is 0 Å². The van der Waals surface area contributed by atoms with Crippen LogP contribution in [-0.4, -0.2) is 82.5 Å². The van der Waals surface area contributed by atoms with E-state index in [4.69, 9.17) is 23.7 Å². The number of fused-ring (bicyclic) bond motifs is 1. The van der Waals surface area contributed by atoms with Crippen molar-refractivity contribution in [2.75, 3.05) is 20.3 Å². The Hall–Kier alpha value is -4.45. The third kappa shape index (κ3) is 8.45. The summed E-state index contributed by atoms with van der Waals surface area (Å²) in [7, 11) is -2.77. The second kappa shape index (κ2) is 15.8. The highest BCUT2D eigenvalue weighted by Gasteiger charge is 2.67. The Bertz CT molecular complexity index is 2010. The molecule has 1 saturated heterocycles. The maximum Gasteiger partial charge on any atom is 0.408 e. The fraction of sp³-hybridized carbons (Fsp3) is 0.524. The summed E-state index contributed by atoms with van der Waals surface area (Å²) >= 11 is 0. The lowest BCUT2D eigenvalue weighted by atomic mass is 9.85. The van der Waals surface area contributed by atoms with Crippen LogP contribution in [0.1, 0.15) is 72.1 Å². The second-order valence-corrected chi connectivity index (χ2v) is 18.8. The van der Waals surface area contributed by atoms with Crippen molar-refractivity contribution in [3.63, 3.8) is 0 Å². The predicted octanol–water partition coefficient (Wildman–Crippen LogP) is 6.97. The maximum atomic E-state index is 14.7. The molecular weight excluding hydrogens is 735 g/mol. The fourth-order valence-corrected chi connectivity index (χ4v) is 9.68. The summed E-state index contributed by atoms with van der Waals surface area (Å²) in [4.78, 5) is 60.0. The number of aromatic nitrogens is 1. The van der Waals surface area contributed by atoms with E-state index in [-0.39, 0.29) is 38.0 Å². The molecule has 1 aliphatic heterocycles. The van der Waals surface area contributed by atoms with E-state index in [1.807, 2.05) is 75.4 Å². The van der Waals surface area contributed by atoms with Crippen molar-refractivity contribution >= 4 is 36.4 Å². The molecule has 2 aromatic carbocycles. The van der Waals surface area contributed by atoms with E-state index in [9.17, 15) is 23.8 Å². The van der Waals surface area contributed by atoms with E-state index in [0.29, 0.717) is 28.1 Å². The molecule has 4 fully saturated rings. The summed E-state index contributed by atoms with van der Waals surface area (Å²) < 4.78 is 37.3. The number of amides is 3. The van der Waals surface area contributed by atoms with Gasteiger partial charge in [-0.05, 0) is 68.4 Å². The molecular formula is C42H53N4O9P. The van der Waals surface area contributed by atoms with Gasteiger partial charge in [0.25, 0.3) is 0 Å². The number of hydrogen-bond donors (Lipinski definition) is 3. The first-order valence-electron chi connectivity index (χ1n) is 19.6. The molecule has 14 heteroatoms. The highest BCUT2D eigenvalue weighted by Crippen LogP contribution is 2.70. The summed E-state index contributed by atoms with van der Waals surface area (Å²) in [6.07, 6.45) is 5.53. The van der Waals surface area contributed by atoms with Crippen LogP contribution in [0, 0.1) is 17.3 Å². The van der Waals surface area contributed by atoms with Crippen LogP contribution >= 0.6 is 7.60 Å². The van der Waals surface area contributed by atoms with Crippen LogP contribution in [0.2, 0.25) is 0 Å². The number of methoxy groups -OCH3 is 1. The van der Waals surface area contributed by atoms with Crippen LogP contribution in [0.25, 0.3) is 22.2 Å². The van der Waals surface area contributed by atoms with Gasteiger partial charge in [0.1, 0.15) is 41.1 Å². The third-order valence-corrected chi connectivity index (χ3v) is 13.6. The lowest BCUT2D eigenvalue weighted by molar-refractivity contribution is -0.142. The summed E-state index contributed by atoms with van der Waals surface area (Å²) in [6.45, 7) is 9.46. The van der Waals surface area contributed by atoms with Gasteiger partial charge in [-0.1, -0.05) is 57.2 Å². The van der Waals surface area contributed by atoms with Gasteiger partial charge >= 0.3 is 13.7 Å². The van der Waals surface area contributed by atoms with Gasteiger partial charge in [0, 0.05) is 35.4 Å². The Balaban J connectivity index is 1.20. The average Bonchev–Trinajstić information content (AvgIpc) is 4.04. The molecule has 0 bridgehead atoms. The zero-order valence-corrected chi connectivity index (χ0v) is 33.5. The van der Waals surface area contributed by atoms with E-state index < -0.39 is 60.3 Å². The van der Waals surface area contributed by atoms with Crippen LogP contribution in [0.4, 0.5) is 4.79 Å². The van der Waals surface area contributed by atoms with Crippen LogP contribution in [0.5, 0.6) is 11.5 Å². The molecule has 3 amide bonds. The van der Waals surface area contributed by atoms with Crippen molar-refractivity contribution in [2.45, 2.75) is 102 Å². The van der Waals surface area contributed by atoms with Crippen molar-refractivity contribution in [3.8, 4) is 22.8 Å². The van der Waals surface area contributed by atoms with Gasteiger partial charge in [-0.15, -0.1) is 6.58 Å². The molecule has 56 heavy (non-hydrogen) atoms. The number of benzene rings is 2. The van der Waals surface area contributed by atoms with Gasteiger partial charge in [-0.3, -0.25) is 14.2 Å². The van der Waals surface area contributed by atoms with Crippen molar-refractivity contribution in [2.24, 2.45) is 17.3 Å². The number of nitrogens with zero attached hydrogens (tertiary/aromatic N) is 2. The number of ether oxygens (including phenoxy) is 3. The Morgan fingerprint density at radius 1 is 1.07 bits per heavy atom. The number of carbonyl (C=O) groups excluding carboxylic acids is 3. The molecule has 6 atom stereocenters. The third-order valence-electron chi connectivity index (χ3n) is 11.4. The van der Waals surface area contributed by atoms with Crippen molar-refractivity contribution < 1.29 is 42.6 Å². The molecule has 0 radical (unpaired) electrons. The fourth-order valence-electron chi connectivity index (χ4n) is 7.83. The quantitative estimate of drug-likeness (QED) is 0.115. The number of carbonyl (C=O) groups is 3. The maximum absolute atomic E-state index is 14.7. The first-order valence-corrected chi connectivity index (χ1v) is 21.2. The molecule has 13 nitrogen and oxygen atoms in total. The Kier molecular flexibility index (Phi) is 11.2. The topological polar surface area (TPSA) is 166 Å². The highest BCUT2D eigenvalue weighted by molar-refractivity contribution is 7.55.